The van der Waals surface area contributed by atoms with Crippen molar-refractivity contribution in [2.75, 3.05) is 6.54 Å². The molecule has 5 aromatic carbocycles. The number of nitro benzene ring substituents is 1. The Morgan fingerprint density at radius 1 is 0.680 bits per heavy atom. The van der Waals surface area contributed by atoms with Crippen molar-refractivity contribution in [3.05, 3.63) is 170 Å². The molecule has 5 aromatic rings. The number of Topliss-reactive ketones (excluding diaryl/α,β-unsaturated/α-hetero) is 1. The van der Waals surface area contributed by atoms with Crippen molar-refractivity contribution in [2.45, 2.75) is 11.8 Å². The Kier molecular flexibility index (Phi) is 7.53. The number of nitro groups is 1. The Bertz CT molecular complexity index is 2100. The summed E-state index contributed by atoms with van der Waals surface area (Å²) in [5.41, 5.74) is 4.25. The first kappa shape index (κ1) is 31.2. The van der Waals surface area contributed by atoms with Gasteiger partial charge in [0.15, 0.2) is 5.78 Å². The summed E-state index contributed by atoms with van der Waals surface area (Å²) in [6.07, 6.45) is 0. The fourth-order valence-corrected chi connectivity index (χ4v) is 7.71. The maximum absolute atomic E-state index is 14.5. The molecule has 1 fully saturated rings. The fourth-order valence-electron chi connectivity index (χ4n) is 7.58. The van der Waals surface area contributed by atoms with Crippen LogP contribution in [0.15, 0.2) is 121 Å². The Morgan fingerprint density at radius 3 is 1.58 bits per heavy atom. The molecule has 4 aliphatic rings. The highest BCUT2D eigenvalue weighted by molar-refractivity contribution is 6.30. The lowest BCUT2D eigenvalue weighted by molar-refractivity contribution is -0.384. The quantitative estimate of drug-likeness (QED) is 0.0734. The highest BCUT2D eigenvalue weighted by Crippen LogP contribution is 2.61. The summed E-state index contributed by atoms with van der Waals surface area (Å²) in [4.78, 5) is 67.5. The maximum atomic E-state index is 14.5. The molecule has 0 spiro atoms. The molecule has 1 aliphatic heterocycles. The van der Waals surface area contributed by atoms with Crippen LogP contribution in [0.5, 0.6) is 11.5 Å². The molecular weight excluding hydrogens is 658 g/mol. The number of benzene rings is 5. The molecule has 1 heterocycles. The van der Waals surface area contributed by atoms with Crippen LogP contribution in [0, 0.1) is 22.0 Å². The zero-order chi connectivity index (χ0) is 34.7. The van der Waals surface area contributed by atoms with Gasteiger partial charge in [0, 0.05) is 40.1 Å². The highest BCUT2D eigenvalue weighted by Gasteiger charge is 2.63. The predicted molar refractivity (Wildman–Crippen MR) is 182 cm³/mol. The van der Waals surface area contributed by atoms with E-state index < -0.39 is 46.8 Å². The second kappa shape index (κ2) is 12.1. The normalized spacial score (nSPS) is 19.7. The first-order chi connectivity index (χ1) is 24.2. The number of hydrogen-bond acceptors (Lipinski definition) is 7. The van der Waals surface area contributed by atoms with Crippen LogP contribution in [0.1, 0.15) is 54.8 Å². The lowest BCUT2D eigenvalue weighted by atomic mass is 9.55. The third-order valence-corrected chi connectivity index (χ3v) is 10.00. The molecule has 9 rings (SSSR count). The molecule has 0 N–H and O–H groups in total. The van der Waals surface area contributed by atoms with E-state index in [4.69, 9.17) is 16.3 Å². The van der Waals surface area contributed by atoms with Crippen LogP contribution in [-0.4, -0.2) is 45.0 Å². The third kappa shape index (κ3) is 5.03. The van der Waals surface area contributed by atoms with Crippen molar-refractivity contribution in [1.82, 2.24) is 10.0 Å². The van der Waals surface area contributed by atoms with Gasteiger partial charge in [-0.3, -0.25) is 29.3 Å². The first-order valence-corrected chi connectivity index (χ1v) is 16.3. The van der Waals surface area contributed by atoms with Gasteiger partial charge < -0.3 is 4.74 Å². The number of hydrazine groups is 1. The summed E-state index contributed by atoms with van der Waals surface area (Å²) in [7, 11) is 0. The second-order valence-electron chi connectivity index (χ2n) is 12.4. The van der Waals surface area contributed by atoms with Crippen LogP contribution in [0.3, 0.4) is 0 Å². The van der Waals surface area contributed by atoms with E-state index in [9.17, 15) is 29.3 Å². The average molecular weight is 684 g/mol. The number of ether oxygens (including phenoxy) is 1. The number of ketones is 1. The number of rotatable bonds is 8. The molecule has 0 aromatic heterocycles. The number of carbonyl (C=O) groups excluding carboxylic acids is 4. The Hall–Kier alpha value is -6.13. The van der Waals surface area contributed by atoms with Crippen molar-refractivity contribution >= 4 is 40.8 Å². The molecule has 0 radical (unpaired) electrons. The SMILES string of the molecule is O=C(CN(C(=O)c1ccc(Cl)cc1)N1C(=O)[C@@H]2C3c4ccccc4C(c4ccccc43)[C@H]2C1=O)c1ccc(Oc2ccc([N+](=O)[O-])cc2)cc1. The highest BCUT2D eigenvalue weighted by atomic mass is 35.5. The van der Waals surface area contributed by atoms with E-state index in [1.165, 1.54) is 60.7 Å². The van der Waals surface area contributed by atoms with Gasteiger partial charge in [0.2, 0.25) is 0 Å². The second-order valence-corrected chi connectivity index (χ2v) is 12.9. The Morgan fingerprint density at radius 2 is 1.12 bits per heavy atom. The van der Waals surface area contributed by atoms with Crippen LogP contribution in [0.4, 0.5) is 5.69 Å². The minimum Gasteiger partial charge on any atom is -0.457 e. The van der Waals surface area contributed by atoms with Crippen molar-refractivity contribution in [1.29, 1.82) is 0 Å². The maximum Gasteiger partial charge on any atom is 0.273 e. The summed E-state index contributed by atoms with van der Waals surface area (Å²) in [6.45, 7) is -0.587. The van der Waals surface area contributed by atoms with Gasteiger partial charge >= 0.3 is 0 Å². The van der Waals surface area contributed by atoms with Crippen LogP contribution in [-0.2, 0) is 9.59 Å². The number of nitrogens with zero attached hydrogens (tertiary/aromatic N) is 3. The predicted octanol–water partition coefficient (Wildman–Crippen LogP) is 7.17. The first-order valence-electron chi connectivity index (χ1n) is 15.9. The summed E-state index contributed by atoms with van der Waals surface area (Å²) in [6, 6.07) is 33.4. The molecule has 10 nitrogen and oxygen atoms in total. The number of hydrogen-bond donors (Lipinski definition) is 0. The molecule has 1 saturated heterocycles. The summed E-state index contributed by atoms with van der Waals surface area (Å²) < 4.78 is 5.77. The Balaban J connectivity index is 1.11. The number of amides is 3. The Labute approximate surface area is 290 Å². The molecule has 3 aliphatic carbocycles. The van der Waals surface area contributed by atoms with Crippen LogP contribution >= 0.6 is 11.6 Å². The van der Waals surface area contributed by atoms with Gasteiger partial charge in [-0.25, -0.2) is 5.01 Å². The molecule has 246 valence electrons. The topological polar surface area (TPSA) is 127 Å². The van der Waals surface area contributed by atoms with Gasteiger partial charge in [0.25, 0.3) is 23.4 Å². The monoisotopic (exact) mass is 683 g/mol. The number of imide groups is 1. The molecule has 2 atom stereocenters. The lowest BCUT2D eigenvalue weighted by Crippen LogP contribution is -2.52. The van der Waals surface area contributed by atoms with E-state index in [-0.39, 0.29) is 28.7 Å². The van der Waals surface area contributed by atoms with E-state index in [0.717, 1.165) is 32.3 Å². The van der Waals surface area contributed by atoms with Gasteiger partial charge in [0.1, 0.15) is 18.0 Å². The number of halogens is 1. The lowest BCUT2D eigenvalue weighted by Gasteiger charge is -2.45. The van der Waals surface area contributed by atoms with Crippen LogP contribution < -0.4 is 4.74 Å². The van der Waals surface area contributed by atoms with Gasteiger partial charge in [-0.2, -0.15) is 5.01 Å². The molecule has 0 saturated carbocycles. The van der Waals surface area contributed by atoms with Crippen molar-refractivity contribution in [3.8, 4) is 11.5 Å². The standard InChI is InChI=1S/C39H26ClN3O7/c40-24-13-9-23(10-14-24)37(45)41(21-32(44)22-11-17-26(18-12-22)50-27-19-15-25(16-20-27)43(48)49)42-38(46)35-33-28-5-1-2-6-29(28)34(36(35)39(42)47)31-8-4-3-7-30(31)33/h1-20,33-36H,21H2/t33?,34?,35-,36-/m1/s1. The van der Waals surface area contributed by atoms with Crippen molar-refractivity contribution in [2.24, 2.45) is 11.8 Å². The van der Waals surface area contributed by atoms with Crippen LogP contribution in [0.2, 0.25) is 5.02 Å². The molecule has 3 amide bonds. The zero-order valence-electron chi connectivity index (χ0n) is 26.1. The largest absolute Gasteiger partial charge is 0.457 e. The summed E-state index contributed by atoms with van der Waals surface area (Å²) in [5, 5.41) is 13.2. The van der Waals surface area contributed by atoms with E-state index in [2.05, 4.69) is 0 Å². The smallest absolute Gasteiger partial charge is 0.273 e. The van der Waals surface area contributed by atoms with Gasteiger partial charge in [0.05, 0.1) is 16.8 Å². The number of carbonyl (C=O) groups is 4. The molecule has 0 unspecified atom stereocenters. The van der Waals surface area contributed by atoms with E-state index in [0.29, 0.717) is 16.5 Å². The molecular formula is C39H26ClN3O7. The van der Waals surface area contributed by atoms with E-state index in [1.807, 2.05) is 48.5 Å². The minimum atomic E-state index is -0.747. The van der Waals surface area contributed by atoms with Gasteiger partial charge in [-0.05, 0) is 82.9 Å². The van der Waals surface area contributed by atoms with E-state index >= 15 is 0 Å². The zero-order valence-corrected chi connectivity index (χ0v) is 26.9. The van der Waals surface area contributed by atoms with Gasteiger partial charge in [-0.15, -0.1) is 0 Å². The van der Waals surface area contributed by atoms with E-state index in [1.54, 1.807) is 12.1 Å². The van der Waals surface area contributed by atoms with Crippen molar-refractivity contribution in [3.63, 3.8) is 0 Å². The van der Waals surface area contributed by atoms with Crippen LogP contribution in [0.25, 0.3) is 0 Å². The molecule has 11 heteroatoms. The summed E-state index contributed by atoms with van der Waals surface area (Å²) >= 11 is 6.09. The average Bonchev–Trinajstić information content (AvgIpc) is 3.40. The fraction of sp³-hybridized carbons (Fsp3) is 0.128. The number of non-ortho nitro benzene ring substituents is 1. The molecule has 50 heavy (non-hydrogen) atoms. The minimum absolute atomic E-state index is 0.0769. The van der Waals surface area contributed by atoms with Gasteiger partial charge in [-0.1, -0.05) is 60.1 Å². The summed E-state index contributed by atoms with van der Waals surface area (Å²) in [5.74, 6) is -3.80. The molecule has 2 bridgehead atoms. The third-order valence-electron chi connectivity index (χ3n) is 9.75. The van der Waals surface area contributed by atoms with Crippen molar-refractivity contribution < 1.29 is 28.8 Å².